The number of Topliss-reactive ketones (excluding diaryl/α,β-unsaturated/α-hetero) is 2. The van der Waals surface area contributed by atoms with Gasteiger partial charge in [-0.15, -0.1) is 0 Å². The van der Waals surface area contributed by atoms with Crippen LogP contribution in [0.2, 0.25) is 0 Å². The summed E-state index contributed by atoms with van der Waals surface area (Å²) in [6.45, 7) is 0. The van der Waals surface area contributed by atoms with Crippen LogP contribution in [0.4, 0.5) is 13.2 Å². The van der Waals surface area contributed by atoms with Crippen LogP contribution in [0.3, 0.4) is 0 Å². The van der Waals surface area contributed by atoms with Gasteiger partial charge in [0.15, 0.2) is 5.78 Å². The van der Waals surface area contributed by atoms with Gasteiger partial charge in [0.2, 0.25) is 5.78 Å². The molecule has 2 aromatic rings. The number of ketones is 2. The highest BCUT2D eigenvalue weighted by Crippen LogP contribution is 2.26. The number of hydrogen-bond acceptors (Lipinski definition) is 2. The number of halogens is 3. The van der Waals surface area contributed by atoms with Crippen LogP contribution in [0, 0.1) is 0 Å². The van der Waals surface area contributed by atoms with Gasteiger partial charge in [-0.3, -0.25) is 9.59 Å². The normalized spacial score (nSPS) is 11.2. The zero-order chi connectivity index (χ0) is 15.5. The van der Waals surface area contributed by atoms with Gasteiger partial charge >= 0.3 is 6.18 Å². The Hall–Kier alpha value is -2.43. The minimum Gasteiger partial charge on any atom is -0.294 e. The first-order valence-electron chi connectivity index (χ1n) is 6.17. The van der Waals surface area contributed by atoms with Crippen LogP contribution in [-0.2, 0) is 4.79 Å². The molecule has 2 rings (SSSR count). The van der Waals surface area contributed by atoms with E-state index in [-0.39, 0.29) is 5.56 Å². The van der Waals surface area contributed by atoms with Crippen molar-refractivity contribution in [2.75, 3.05) is 0 Å². The number of alkyl halides is 3. The lowest BCUT2D eigenvalue weighted by Crippen LogP contribution is -2.25. The Labute approximate surface area is 119 Å². The van der Waals surface area contributed by atoms with E-state index in [2.05, 4.69) is 0 Å². The van der Waals surface area contributed by atoms with E-state index in [4.69, 9.17) is 0 Å². The van der Waals surface area contributed by atoms with Gasteiger partial charge in [-0.25, -0.2) is 0 Å². The van der Waals surface area contributed by atoms with Crippen LogP contribution >= 0.6 is 0 Å². The van der Waals surface area contributed by atoms with Crippen LogP contribution in [0.25, 0.3) is 11.1 Å². The van der Waals surface area contributed by atoms with Crippen molar-refractivity contribution in [2.24, 2.45) is 0 Å². The van der Waals surface area contributed by atoms with E-state index in [1.54, 1.807) is 48.5 Å². The zero-order valence-corrected chi connectivity index (χ0v) is 10.9. The highest BCUT2D eigenvalue weighted by molar-refractivity contribution is 6.12. The Morgan fingerprint density at radius 3 is 2.05 bits per heavy atom. The molecule has 5 heteroatoms. The Morgan fingerprint density at radius 2 is 1.43 bits per heavy atom. The van der Waals surface area contributed by atoms with E-state index >= 15 is 0 Å². The van der Waals surface area contributed by atoms with E-state index in [0.717, 1.165) is 0 Å². The molecule has 0 bridgehead atoms. The highest BCUT2D eigenvalue weighted by atomic mass is 19.4. The first-order valence-corrected chi connectivity index (χ1v) is 6.17. The number of benzene rings is 2. The summed E-state index contributed by atoms with van der Waals surface area (Å²) in [7, 11) is 0. The summed E-state index contributed by atoms with van der Waals surface area (Å²) in [5, 5.41) is 0. The molecule has 0 spiro atoms. The molecule has 0 heterocycles. The largest absolute Gasteiger partial charge is 0.450 e. The molecule has 0 aliphatic rings. The SMILES string of the molecule is O=C(CC(=O)C(F)(F)F)c1ccccc1-c1ccccc1. The average Bonchev–Trinajstić information content (AvgIpc) is 2.47. The summed E-state index contributed by atoms with van der Waals surface area (Å²) in [5.41, 5.74) is 1.33. The van der Waals surface area contributed by atoms with Crippen LogP contribution in [-0.4, -0.2) is 17.7 Å². The lowest BCUT2D eigenvalue weighted by atomic mass is 9.95. The fourth-order valence-electron chi connectivity index (χ4n) is 1.94. The molecule has 108 valence electrons. The van der Waals surface area contributed by atoms with Gasteiger partial charge in [0, 0.05) is 5.56 Å². The fraction of sp³-hybridized carbons (Fsp3) is 0.125. The third-order valence-electron chi connectivity index (χ3n) is 2.95. The molecular formula is C16H11F3O2. The van der Waals surface area contributed by atoms with Gasteiger partial charge in [0.1, 0.15) is 0 Å². The first kappa shape index (κ1) is 15.0. The van der Waals surface area contributed by atoms with Crippen molar-refractivity contribution in [3.8, 4) is 11.1 Å². The van der Waals surface area contributed by atoms with Gasteiger partial charge in [-0.1, -0.05) is 54.6 Å². The summed E-state index contributed by atoms with van der Waals surface area (Å²) < 4.78 is 36.7. The second-order valence-corrected chi connectivity index (χ2v) is 4.43. The van der Waals surface area contributed by atoms with E-state index in [1.165, 1.54) is 6.07 Å². The van der Waals surface area contributed by atoms with Crippen molar-refractivity contribution in [3.05, 3.63) is 60.2 Å². The molecule has 0 amide bonds. The maximum absolute atomic E-state index is 12.2. The van der Waals surface area contributed by atoms with Crippen molar-refractivity contribution < 1.29 is 22.8 Å². The van der Waals surface area contributed by atoms with Crippen LogP contribution in [0.15, 0.2) is 54.6 Å². The standard InChI is InChI=1S/C16H11F3O2/c17-16(18,19)15(21)10-14(20)13-9-5-4-8-12(13)11-6-2-1-3-7-11/h1-9H,10H2. The quantitative estimate of drug-likeness (QED) is 0.629. The van der Waals surface area contributed by atoms with Gasteiger partial charge < -0.3 is 0 Å². The van der Waals surface area contributed by atoms with Gasteiger partial charge in [-0.2, -0.15) is 13.2 Å². The number of rotatable bonds is 4. The summed E-state index contributed by atoms with van der Waals surface area (Å²) >= 11 is 0. The van der Waals surface area contributed by atoms with Gasteiger partial charge in [0.05, 0.1) is 6.42 Å². The second kappa shape index (κ2) is 5.91. The molecule has 2 nitrogen and oxygen atoms in total. The van der Waals surface area contributed by atoms with Gasteiger partial charge in [0.25, 0.3) is 0 Å². The molecule has 0 aliphatic carbocycles. The van der Waals surface area contributed by atoms with Gasteiger partial charge in [-0.05, 0) is 11.1 Å². The molecule has 0 unspecified atom stereocenters. The monoisotopic (exact) mass is 292 g/mol. The van der Waals surface area contributed by atoms with Crippen LogP contribution in [0.1, 0.15) is 16.8 Å². The van der Waals surface area contributed by atoms with E-state index in [9.17, 15) is 22.8 Å². The number of hydrogen-bond donors (Lipinski definition) is 0. The van der Waals surface area contributed by atoms with Crippen molar-refractivity contribution in [1.29, 1.82) is 0 Å². The number of carbonyl (C=O) groups excluding carboxylic acids is 2. The molecule has 2 aromatic carbocycles. The third-order valence-corrected chi connectivity index (χ3v) is 2.95. The van der Waals surface area contributed by atoms with Crippen molar-refractivity contribution >= 4 is 11.6 Å². The molecule has 0 radical (unpaired) electrons. The number of carbonyl (C=O) groups is 2. The molecule has 0 aromatic heterocycles. The van der Waals surface area contributed by atoms with E-state index in [0.29, 0.717) is 11.1 Å². The Morgan fingerprint density at radius 1 is 0.857 bits per heavy atom. The molecule has 0 saturated heterocycles. The van der Waals surface area contributed by atoms with Crippen LogP contribution < -0.4 is 0 Å². The molecule has 0 N–H and O–H groups in total. The second-order valence-electron chi connectivity index (χ2n) is 4.43. The molecule has 21 heavy (non-hydrogen) atoms. The first-order chi connectivity index (χ1) is 9.89. The minimum atomic E-state index is -4.99. The van der Waals surface area contributed by atoms with E-state index in [1.807, 2.05) is 0 Å². The summed E-state index contributed by atoms with van der Waals surface area (Å²) in [4.78, 5) is 22.9. The predicted octanol–water partition coefficient (Wildman–Crippen LogP) is 4.06. The lowest BCUT2D eigenvalue weighted by Gasteiger charge is -2.09. The van der Waals surface area contributed by atoms with Crippen molar-refractivity contribution in [3.63, 3.8) is 0 Å². The predicted molar refractivity (Wildman–Crippen MR) is 71.9 cm³/mol. The Balaban J connectivity index is 2.33. The maximum atomic E-state index is 12.2. The summed E-state index contributed by atoms with van der Waals surface area (Å²) in [6.07, 6.45) is -6.16. The molecule has 0 fully saturated rings. The Kier molecular flexibility index (Phi) is 4.21. The minimum absolute atomic E-state index is 0.112. The summed E-state index contributed by atoms with van der Waals surface area (Å²) in [5.74, 6) is -2.87. The van der Waals surface area contributed by atoms with Crippen molar-refractivity contribution in [1.82, 2.24) is 0 Å². The average molecular weight is 292 g/mol. The molecule has 0 aliphatic heterocycles. The third kappa shape index (κ3) is 3.56. The smallest absolute Gasteiger partial charge is 0.294 e. The van der Waals surface area contributed by atoms with Crippen molar-refractivity contribution in [2.45, 2.75) is 12.6 Å². The summed E-state index contributed by atoms with van der Waals surface area (Å²) in [6, 6.07) is 15.1. The highest BCUT2D eigenvalue weighted by Gasteiger charge is 2.39. The maximum Gasteiger partial charge on any atom is 0.450 e. The zero-order valence-electron chi connectivity index (χ0n) is 10.9. The van der Waals surface area contributed by atoms with E-state index < -0.39 is 24.2 Å². The lowest BCUT2D eigenvalue weighted by molar-refractivity contribution is -0.170. The fourth-order valence-corrected chi connectivity index (χ4v) is 1.94. The molecular weight excluding hydrogens is 281 g/mol. The topological polar surface area (TPSA) is 34.1 Å². The van der Waals surface area contributed by atoms with Crippen LogP contribution in [0.5, 0.6) is 0 Å². The molecule has 0 saturated carbocycles. The molecule has 0 atom stereocenters. The Bertz CT molecular complexity index is 661.